The quantitative estimate of drug-likeness (QED) is 0.733. The molecule has 0 bridgehead atoms. The van der Waals surface area contributed by atoms with E-state index in [-0.39, 0.29) is 23.3 Å². The Bertz CT molecular complexity index is 473. The van der Waals surface area contributed by atoms with Crippen molar-refractivity contribution in [3.05, 3.63) is 24.3 Å². The van der Waals surface area contributed by atoms with Gasteiger partial charge in [0.25, 0.3) is 0 Å². The number of nitrogens with one attached hydrogen (secondary N) is 2. The lowest BCUT2D eigenvalue weighted by atomic mass is 10.3. The third-order valence-electron chi connectivity index (χ3n) is 1.95. The second-order valence-corrected chi connectivity index (χ2v) is 4.68. The number of carboxylic acids is 1. The van der Waals surface area contributed by atoms with Crippen LogP contribution in [0.1, 0.15) is 6.92 Å². The van der Waals surface area contributed by atoms with Crippen molar-refractivity contribution >= 4 is 40.9 Å². The summed E-state index contributed by atoms with van der Waals surface area (Å²) in [5.41, 5.74) is 1.24. The maximum Gasteiger partial charge on any atom is 0.313 e. The number of carbonyl (C=O) groups excluding carboxylic acids is 2. The van der Waals surface area contributed by atoms with Gasteiger partial charge in [0.15, 0.2) is 0 Å². The van der Waals surface area contributed by atoms with Crippen molar-refractivity contribution in [3.63, 3.8) is 0 Å². The highest BCUT2D eigenvalue weighted by atomic mass is 32.2. The molecule has 0 spiro atoms. The molecule has 0 saturated carbocycles. The molecule has 0 fully saturated rings. The lowest BCUT2D eigenvalue weighted by Crippen LogP contribution is -2.15. The molecule has 2 amide bonds. The van der Waals surface area contributed by atoms with Gasteiger partial charge in [0.1, 0.15) is 0 Å². The molecule has 19 heavy (non-hydrogen) atoms. The van der Waals surface area contributed by atoms with E-state index in [0.717, 1.165) is 11.8 Å². The molecule has 0 saturated heterocycles. The normalized spacial score (nSPS) is 9.74. The Labute approximate surface area is 114 Å². The van der Waals surface area contributed by atoms with Crippen LogP contribution in [0.3, 0.4) is 0 Å². The molecule has 1 aromatic rings. The summed E-state index contributed by atoms with van der Waals surface area (Å²) in [4.78, 5) is 32.6. The predicted molar refractivity (Wildman–Crippen MR) is 74.3 cm³/mol. The van der Waals surface area contributed by atoms with Gasteiger partial charge in [-0.1, -0.05) is 0 Å². The average molecular weight is 282 g/mol. The number of thioether (sulfide) groups is 1. The number of anilines is 2. The molecule has 1 aromatic carbocycles. The molecule has 0 aliphatic heterocycles. The van der Waals surface area contributed by atoms with Crippen LogP contribution in [0.25, 0.3) is 0 Å². The number of carboxylic acid groups (broad SMARTS) is 1. The van der Waals surface area contributed by atoms with Crippen LogP contribution in [0.2, 0.25) is 0 Å². The van der Waals surface area contributed by atoms with Crippen molar-refractivity contribution < 1.29 is 19.5 Å². The molecule has 0 radical (unpaired) electrons. The monoisotopic (exact) mass is 282 g/mol. The standard InChI is InChI=1S/C12H14N2O4S/c1-8(15)13-9-2-4-10(5-3-9)14-11(16)6-19-7-12(17)18/h2-5H,6-7H2,1H3,(H,13,15)(H,14,16)(H,17,18). The summed E-state index contributed by atoms with van der Waals surface area (Å²) in [5, 5.41) is 13.7. The van der Waals surface area contributed by atoms with Crippen LogP contribution in [0.5, 0.6) is 0 Å². The Balaban J connectivity index is 2.42. The largest absolute Gasteiger partial charge is 0.481 e. The van der Waals surface area contributed by atoms with Gasteiger partial charge in [-0.05, 0) is 24.3 Å². The molecule has 6 nitrogen and oxygen atoms in total. The van der Waals surface area contributed by atoms with Crippen LogP contribution < -0.4 is 10.6 Å². The summed E-state index contributed by atoms with van der Waals surface area (Å²) in [5.74, 6) is -1.40. The van der Waals surface area contributed by atoms with E-state index in [1.54, 1.807) is 24.3 Å². The van der Waals surface area contributed by atoms with Gasteiger partial charge in [-0.25, -0.2) is 0 Å². The Morgan fingerprint density at radius 2 is 1.58 bits per heavy atom. The summed E-state index contributed by atoms with van der Waals surface area (Å²) in [6.45, 7) is 1.41. The molecule has 7 heteroatoms. The van der Waals surface area contributed by atoms with Gasteiger partial charge in [0, 0.05) is 18.3 Å². The maximum absolute atomic E-state index is 11.5. The molecule has 0 atom stereocenters. The summed E-state index contributed by atoms with van der Waals surface area (Å²) in [6.07, 6.45) is 0. The van der Waals surface area contributed by atoms with E-state index in [1.807, 2.05) is 0 Å². The molecule has 3 N–H and O–H groups in total. The Morgan fingerprint density at radius 1 is 1.05 bits per heavy atom. The summed E-state index contributed by atoms with van der Waals surface area (Å²) >= 11 is 1.03. The lowest BCUT2D eigenvalue weighted by molar-refractivity contribution is -0.133. The molecule has 1 rings (SSSR count). The zero-order chi connectivity index (χ0) is 14.3. The highest BCUT2D eigenvalue weighted by molar-refractivity contribution is 8.00. The first kappa shape index (κ1) is 15.0. The second-order valence-electron chi connectivity index (χ2n) is 3.69. The van der Waals surface area contributed by atoms with Crippen LogP contribution >= 0.6 is 11.8 Å². The molecule has 0 aliphatic rings. The van der Waals surface area contributed by atoms with Crippen molar-refractivity contribution in [1.82, 2.24) is 0 Å². The van der Waals surface area contributed by atoms with Crippen LogP contribution in [0.15, 0.2) is 24.3 Å². The van der Waals surface area contributed by atoms with Crippen LogP contribution in [-0.2, 0) is 14.4 Å². The zero-order valence-electron chi connectivity index (χ0n) is 10.3. The Hall–Kier alpha value is -2.02. The van der Waals surface area contributed by atoms with Gasteiger partial charge in [-0.3, -0.25) is 14.4 Å². The highest BCUT2D eigenvalue weighted by Gasteiger charge is 2.05. The van der Waals surface area contributed by atoms with E-state index in [1.165, 1.54) is 6.92 Å². The summed E-state index contributed by atoms with van der Waals surface area (Å²) < 4.78 is 0. The van der Waals surface area contributed by atoms with E-state index >= 15 is 0 Å². The van der Waals surface area contributed by atoms with E-state index in [0.29, 0.717) is 11.4 Å². The SMILES string of the molecule is CC(=O)Nc1ccc(NC(=O)CSCC(=O)O)cc1. The summed E-state index contributed by atoms with van der Waals surface area (Å²) in [7, 11) is 0. The van der Waals surface area contributed by atoms with Gasteiger partial charge < -0.3 is 15.7 Å². The fourth-order valence-electron chi connectivity index (χ4n) is 1.27. The van der Waals surface area contributed by atoms with Crippen molar-refractivity contribution in [2.75, 3.05) is 22.1 Å². The van der Waals surface area contributed by atoms with Gasteiger partial charge in [-0.15, -0.1) is 11.8 Å². The number of amides is 2. The molecular formula is C12H14N2O4S. The Kier molecular flexibility index (Phi) is 5.87. The first-order chi connectivity index (χ1) is 8.97. The summed E-state index contributed by atoms with van der Waals surface area (Å²) in [6, 6.07) is 6.65. The minimum absolute atomic E-state index is 0.0831. The lowest BCUT2D eigenvalue weighted by Gasteiger charge is -2.06. The van der Waals surface area contributed by atoms with Crippen molar-refractivity contribution in [2.24, 2.45) is 0 Å². The van der Waals surface area contributed by atoms with Crippen LogP contribution in [0.4, 0.5) is 11.4 Å². The fourth-order valence-corrected chi connectivity index (χ4v) is 1.80. The molecule has 0 unspecified atom stereocenters. The van der Waals surface area contributed by atoms with Crippen LogP contribution in [0, 0.1) is 0 Å². The number of hydrogen-bond acceptors (Lipinski definition) is 4. The van der Waals surface area contributed by atoms with E-state index in [4.69, 9.17) is 5.11 Å². The topological polar surface area (TPSA) is 95.5 Å². The van der Waals surface area contributed by atoms with Gasteiger partial charge in [-0.2, -0.15) is 0 Å². The second kappa shape index (κ2) is 7.42. The molecule has 0 aliphatic carbocycles. The minimum Gasteiger partial charge on any atom is -0.481 e. The number of hydrogen-bond donors (Lipinski definition) is 3. The molecule has 0 aromatic heterocycles. The molecule has 102 valence electrons. The van der Waals surface area contributed by atoms with Gasteiger partial charge in [0.2, 0.25) is 11.8 Å². The Morgan fingerprint density at radius 3 is 2.05 bits per heavy atom. The first-order valence-electron chi connectivity index (χ1n) is 5.44. The van der Waals surface area contributed by atoms with Crippen molar-refractivity contribution in [1.29, 1.82) is 0 Å². The molecule has 0 heterocycles. The minimum atomic E-state index is -0.947. The van der Waals surface area contributed by atoms with Gasteiger partial charge in [0.05, 0.1) is 11.5 Å². The molecular weight excluding hydrogens is 268 g/mol. The van der Waals surface area contributed by atoms with Crippen molar-refractivity contribution in [3.8, 4) is 0 Å². The van der Waals surface area contributed by atoms with E-state index in [2.05, 4.69) is 10.6 Å². The maximum atomic E-state index is 11.5. The third kappa shape index (κ3) is 6.46. The van der Waals surface area contributed by atoms with E-state index in [9.17, 15) is 14.4 Å². The predicted octanol–water partition coefficient (Wildman–Crippen LogP) is 1.40. The fraction of sp³-hybridized carbons (Fsp3) is 0.250. The van der Waals surface area contributed by atoms with Crippen LogP contribution in [-0.4, -0.2) is 34.4 Å². The highest BCUT2D eigenvalue weighted by Crippen LogP contribution is 2.14. The van der Waals surface area contributed by atoms with Gasteiger partial charge >= 0.3 is 5.97 Å². The number of rotatable bonds is 6. The number of benzene rings is 1. The third-order valence-corrected chi connectivity index (χ3v) is 2.87. The first-order valence-corrected chi connectivity index (χ1v) is 6.60. The number of carbonyl (C=O) groups is 3. The zero-order valence-corrected chi connectivity index (χ0v) is 11.1. The van der Waals surface area contributed by atoms with E-state index < -0.39 is 5.97 Å². The average Bonchev–Trinajstić information content (AvgIpc) is 2.30. The van der Waals surface area contributed by atoms with Crippen molar-refractivity contribution in [2.45, 2.75) is 6.92 Å². The number of aliphatic carboxylic acids is 1. The smallest absolute Gasteiger partial charge is 0.313 e.